The van der Waals surface area contributed by atoms with Crippen molar-refractivity contribution in [3.05, 3.63) is 91.9 Å². The van der Waals surface area contributed by atoms with Crippen LogP contribution in [0.25, 0.3) is 22.5 Å². The van der Waals surface area contributed by atoms with Crippen molar-refractivity contribution in [3.8, 4) is 11.8 Å². The first-order chi connectivity index (χ1) is 15.0. The van der Waals surface area contributed by atoms with Crippen LogP contribution in [0.4, 0.5) is 0 Å². The maximum Gasteiger partial charge on any atom is 0.262 e. The smallest absolute Gasteiger partial charge is 0.262 e. The van der Waals surface area contributed by atoms with E-state index in [9.17, 15) is 10.1 Å². The second kappa shape index (κ2) is 8.93. The van der Waals surface area contributed by atoms with Gasteiger partial charge in [0.1, 0.15) is 11.6 Å². The predicted octanol–water partition coefficient (Wildman–Crippen LogP) is 6.29. The van der Waals surface area contributed by atoms with Crippen LogP contribution < -0.4 is 5.32 Å². The van der Waals surface area contributed by atoms with Crippen molar-refractivity contribution in [2.24, 2.45) is 0 Å². The van der Waals surface area contributed by atoms with Crippen LogP contribution in [0.15, 0.2) is 70.0 Å². The maximum atomic E-state index is 12.5. The number of thiophene rings is 1. The third-order valence-corrected chi connectivity index (χ3v) is 6.80. The fourth-order valence-corrected chi connectivity index (χ4v) is 4.85. The molecule has 0 atom stereocenters. The number of carbonyl (C=O) groups excluding carboxylic acids is 1. The molecule has 2 aromatic heterocycles. The average molecular weight is 490 g/mol. The van der Waals surface area contributed by atoms with Gasteiger partial charge in [0.2, 0.25) is 0 Å². The Morgan fingerprint density at radius 2 is 1.94 bits per heavy atom. The zero-order chi connectivity index (χ0) is 22.0. The van der Waals surface area contributed by atoms with Crippen LogP contribution in [0.5, 0.6) is 0 Å². The second-order valence-electron chi connectivity index (χ2n) is 7.21. The number of rotatable bonds is 5. The number of fused-ring (bicyclic) bond motifs is 1. The highest BCUT2D eigenvalue weighted by Crippen LogP contribution is 2.32. The summed E-state index contributed by atoms with van der Waals surface area (Å²) < 4.78 is 3.21. The van der Waals surface area contributed by atoms with Gasteiger partial charge < -0.3 is 9.88 Å². The van der Waals surface area contributed by atoms with Crippen LogP contribution in [0.3, 0.4) is 0 Å². The average Bonchev–Trinajstić information content (AvgIpc) is 3.39. The Balaban J connectivity index is 1.71. The monoisotopic (exact) mass is 489 g/mol. The van der Waals surface area contributed by atoms with E-state index < -0.39 is 0 Å². The summed E-state index contributed by atoms with van der Waals surface area (Å²) in [4.78, 5) is 13.6. The Hall–Kier alpha value is -3.14. The number of benzene rings is 2. The van der Waals surface area contributed by atoms with E-state index in [2.05, 4.69) is 50.1 Å². The molecule has 31 heavy (non-hydrogen) atoms. The van der Waals surface area contributed by atoms with Crippen molar-refractivity contribution in [1.82, 2.24) is 9.88 Å². The summed E-state index contributed by atoms with van der Waals surface area (Å²) in [5, 5.41) is 16.6. The molecule has 1 N–H and O–H groups in total. The van der Waals surface area contributed by atoms with Crippen LogP contribution in [-0.4, -0.2) is 10.5 Å². The first kappa shape index (κ1) is 21.1. The molecule has 0 saturated carbocycles. The molecule has 0 bridgehead atoms. The molecule has 2 heterocycles. The Bertz CT molecular complexity index is 1340. The van der Waals surface area contributed by atoms with Crippen LogP contribution >= 0.6 is 27.3 Å². The number of aryl methyl sites for hydroxylation is 1. The summed E-state index contributed by atoms with van der Waals surface area (Å²) in [6.45, 7) is 4.46. The minimum absolute atomic E-state index is 0.0949. The van der Waals surface area contributed by atoms with E-state index in [4.69, 9.17) is 0 Å². The van der Waals surface area contributed by atoms with Crippen LogP contribution in [0.1, 0.15) is 21.8 Å². The summed E-state index contributed by atoms with van der Waals surface area (Å²) in [6.07, 6.45) is 1.67. The zero-order valence-corrected chi connectivity index (χ0v) is 19.5. The van der Waals surface area contributed by atoms with Crippen LogP contribution in [-0.2, 0) is 11.3 Å². The summed E-state index contributed by atoms with van der Waals surface area (Å²) in [5.41, 5.74) is 4.02. The summed E-state index contributed by atoms with van der Waals surface area (Å²) in [6, 6.07) is 20.3. The van der Waals surface area contributed by atoms with E-state index >= 15 is 0 Å². The Morgan fingerprint density at radius 3 is 2.65 bits per heavy atom. The number of nitrogens with one attached hydrogen (secondary N) is 1. The van der Waals surface area contributed by atoms with Gasteiger partial charge in [0, 0.05) is 26.1 Å². The maximum absolute atomic E-state index is 12.5. The lowest BCUT2D eigenvalue weighted by Crippen LogP contribution is -2.23. The minimum atomic E-state index is -0.366. The van der Waals surface area contributed by atoms with Gasteiger partial charge in [0.05, 0.1) is 12.2 Å². The van der Waals surface area contributed by atoms with E-state index in [0.717, 1.165) is 42.8 Å². The Kier molecular flexibility index (Phi) is 6.08. The molecule has 0 unspecified atom stereocenters. The number of hydrogen-bond acceptors (Lipinski definition) is 3. The molecule has 4 nitrogen and oxygen atoms in total. The molecule has 4 aromatic rings. The van der Waals surface area contributed by atoms with Gasteiger partial charge in [-0.05, 0) is 60.5 Å². The topological polar surface area (TPSA) is 57.8 Å². The van der Waals surface area contributed by atoms with Crippen LogP contribution in [0.2, 0.25) is 0 Å². The molecule has 2 aromatic carbocycles. The lowest BCUT2D eigenvalue weighted by atomic mass is 10.1. The zero-order valence-electron chi connectivity index (χ0n) is 17.1. The number of hydrogen-bond donors (Lipinski definition) is 1. The normalized spacial score (nSPS) is 11.5. The van der Waals surface area contributed by atoms with Crippen molar-refractivity contribution in [2.75, 3.05) is 0 Å². The van der Waals surface area contributed by atoms with Crippen LogP contribution in [0, 0.1) is 25.2 Å². The highest BCUT2D eigenvalue weighted by atomic mass is 79.9. The van der Waals surface area contributed by atoms with Gasteiger partial charge in [-0.15, -0.1) is 11.3 Å². The quantitative estimate of drug-likeness (QED) is 0.264. The number of nitriles is 1. The molecule has 0 saturated heterocycles. The van der Waals surface area contributed by atoms with Gasteiger partial charge in [-0.25, -0.2) is 0 Å². The number of nitrogens with zero attached hydrogens (tertiary/aromatic N) is 2. The highest BCUT2D eigenvalue weighted by Gasteiger charge is 2.15. The third-order valence-electron chi connectivity index (χ3n) is 5.23. The van der Waals surface area contributed by atoms with Gasteiger partial charge in [-0.2, -0.15) is 5.26 Å². The van der Waals surface area contributed by atoms with Crippen molar-refractivity contribution in [2.45, 2.75) is 20.4 Å². The van der Waals surface area contributed by atoms with E-state index in [1.54, 1.807) is 17.4 Å². The first-order valence-electron chi connectivity index (χ1n) is 9.78. The first-order valence-corrected chi connectivity index (χ1v) is 11.5. The van der Waals surface area contributed by atoms with Crippen molar-refractivity contribution < 1.29 is 4.79 Å². The molecule has 0 radical (unpaired) electrons. The molecule has 1 amide bonds. The van der Waals surface area contributed by atoms with Gasteiger partial charge in [-0.3, -0.25) is 4.79 Å². The molecule has 0 aliphatic rings. The molecule has 0 aliphatic carbocycles. The molecule has 0 spiro atoms. The summed E-state index contributed by atoms with van der Waals surface area (Å²) in [7, 11) is 0. The Labute approximate surface area is 193 Å². The highest BCUT2D eigenvalue weighted by molar-refractivity contribution is 9.10. The third kappa shape index (κ3) is 4.20. The molecule has 0 fully saturated rings. The fraction of sp³-hybridized carbons (Fsp3) is 0.120. The van der Waals surface area contributed by atoms with E-state index in [0.29, 0.717) is 6.54 Å². The van der Waals surface area contributed by atoms with Crippen molar-refractivity contribution in [3.63, 3.8) is 0 Å². The molecule has 154 valence electrons. The number of halogens is 1. The fourth-order valence-electron chi connectivity index (χ4n) is 3.73. The van der Waals surface area contributed by atoms with Gasteiger partial charge >= 0.3 is 0 Å². The largest absolute Gasteiger partial charge is 0.347 e. The number of carbonyl (C=O) groups is 1. The van der Waals surface area contributed by atoms with Gasteiger partial charge in [0.15, 0.2) is 0 Å². The second-order valence-corrected chi connectivity index (χ2v) is 9.09. The predicted molar refractivity (Wildman–Crippen MR) is 130 cm³/mol. The van der Waals surface area contributed by atoms with E-state index in [1.807, 2.05) is 55.6 Å². The molecular formula is C25H20BrN3OS. The lowest BCUT2D eigenvalue weighted by molar-refractivity contribution is -0.117. The molecule has 0 aliphatic heterocycles. The van der Waals surface area contributed by atoms with E-state index in [-0.39, 0.29) is 11.5 Å². The SMILES string of the molecule is Cc1cc(C=C(C#N)C(=O)NCc2cccs2)c(C)n1-c1ccc(Br)c2ccccc12. The molecule has 4 rings (SSSR count). The summed E-state index contributed by atoms with van der Waals surface area (Å²) in [5.74, 6) is -0.366. The molecule has 6 heteroatoms. The van der Waals surface area contributed by atoms with Crippen molar-refractivity contribution in [1.29, 1.82) is 5.26 Å². The number of aromatic nitrogens is 1. The van der Waals surface area contributed by atoms with Gasteiger partial charge in [0.25, 0.3) is 5.91 Å². The Morgan fingerprint density at radius 1 is 1.16 bits per heavy atom. The molecular weight excluding hydrogens is 470 g/mol. The number of amides is 1. The minimum Gasteiger partial charge on any atom is -0.347 e. The standard InChI is InChI=1S/C25H20BrN3OS/c1-16-12-18(13-19(14-27)25(30)28-15-20-6-5-11-31-20)17(2)29(16)24-10-9-23(26)21-7-3-4-8-22(21)24/h3-13H,15H2,1-2H3,(H,28,30). The van der Waals surface area contributed by atoms with E-state index in [1.165, 1.54) is 0 Å². The van der Waals surface area contributed by atoms with Gasteiger partial charge in [-0.1, -0.05) is 46.3 Å². The van der Waals surface area contributed by atoms with Crippen molar-refractivity contribution >= 4 is 50.0 Å². The lowest BCUT2D eigenvalue weighted by Gasteiger charge is -2.14. The summed E-state index contributed by atoms with van der Waals surface area (Å²) >= 11 is 5.21.